The Morgan fingerprint density at radius 1 is 1.44 bits per heavy atom. The smallest absolute Gasteiger partial charge is 0.114 e. The molecule has 1 unspecified atom stereocenters. The van der Waals surface area contributed by atoms with Crippen LogP contribution in [-0.4, -0.2) is 22.6 Å². The molecule has 0 aliphatic carbocycles. The summed E-state index contributed by atoms with van der Waals surface area (Å²) in [6, 6.07) is 6.52. The third kappa shape index (κ3) is 1.83. The highest BCUT2D eigenvalue weighted by Crippen LogP contribution is 2.27. The first-order chi connectivity index (χ1) is 8.81. The van der Waals surface area contributed by atoms with Crippen LogP contribution >= 0.6 is 0 Å². The summed E-state index contributed by atoms with van der Waals surface area (Å²) in [7, 11) is 2.15. The second kappa shape index (κ2) is 4.73. The number of fused-ring (bicyclic) bond motifs is 1. The maximum Gasteiger partial charge on any atom is 0.114 e. The van der Waals surface area contributed by atoms with Gasteiger partial charge in [-0.3, -0.25) is 0 Å². The molecule has 0 saturated carbocycles. The molecule has 0 amide bonds. The van der Waals surface area contributed by atoms with Crippen molar-refractivity contribution in [1.29, 1.82) is 0 Å². The van der Waals surface area contributed by atoms with E-state index in [4.69, 9.17) is 4.98 Å². The molecule has 3 rings (SSSR count). The third-order valence-electron chi connectivity index (χ3n) is 4.07. The average Bonchev–Trinajstić information content (AvgIpc) is 2.77. The minimum atomic E-state index is 0.570. The Hall–Kier alpha value is -1.35. The van der Waals surface area contributed by atoms with Crippen molar-refractivity contribution in [3.63, 3.8) is 0 Å². The fourth-order valence-corrected chi connectivity index (χ4v) is 3.01. The number of hydrogen-bond donors (Lipinski definition) is 1. The van der Waals surface area contributed by atoms with E-state index in [0.717, 1.165) is 19.5 Å². The van der Waals surface area contributed by atoms with Gasteiger partial charge in [0.1, 0.15) is 5.82 Å². The van der Waals surface area contributed by atoms with Crippen molar-refractivity contribution in [2.24, 2.45) is 7.05 Å². The maximum atomic E-state index is 4.93. The van der Waals surface area contributed by atoms with Gasteiger partial charge in [-0.15, -0.1) is 0 Å². The van der Waals surface area contributed by atoms with Crippen molar-refractivity contribution < 1.29 is 0 Å². The largest absolute Gasteiger partial charge is 0.331 e. The predicted molar refractivity (Wildman–Crippen MR) is 74.9 cm³/mol. The fourth-order valence-electron chi connectivity index (χ4n) is 3.01. The zero-order valence-electron chi connectivity index (χ0n) is 11.2. The van der Waals surface area contributed by atoms with Crippen LogP contribution in [0.15, 0.2) is 18.2 Å². The quantitative estimate of drug-likeness (QED) is 0.878. The molecule has 2 heterocycles. The molecule has 0 bridgehead atoms. The van der Waals surface area contributed by atoms with E-state index in [9.17, 15) is 0 Å². The van der Waals surface area contributed by atoms with Gasteiger partial charge < -0.3 is 9.88 Å². The number of piperidine rings is 1. The van der Waals surface area contributed by atoms with Crippen LogP contribution in [0.4, 0.5) is 0 Å². The minimum absolute atomic E-state index is 0.570. The average molecular weight is 243 g/mol. The Bertz CT molecular complexity index is 550. The summed E-state index contributed by atoms with van der Waals surface area (Å²) in [6.45, 7) is 4.42. The van der Waals surface area contributed by atoms with E-state index in [2.05, 4.69) is 42.1 Å². The van der Waals surface area contributed by atoms with E-state index < -0.39 is 0 Å². The van der Waals surface area contributed by atoms with Gasteiger partial charge in [0.25, 0.3) is 0 Å². The Labute approximate surface area is 108 Å². The summed E-state index contributed by atoms with van der Waals surface area (Å²) in [5.74, 6) is 1.82. The molecule has 3 heteroatoms. The summed E-state index contributed by atoms with van der Waals surface area (Å²) >= 11 is 0. The Morgan fingerprint density at radius 2 is 2.33 bits per heavy atom. The van der Waals surface area contributed by atoms with E-state index in [1.165, 1.54) is 35.3 Å². The van der Waals surface area contributed by atoms with Crippen LogP contribution in [0.1, 0.15) is 37.1 Å². The third-order valence-corrected chi connectivity index (χ3v) is 4.07. The van der Waals surface area contributed by atoms with Gasteiger partial charge >= 0.3 is 0 Å². The zero-order chi connectivity index (χ0) is 12.5. The topological polar surface area (TPSA) is 29.9 Å². The lowest BCUT2D eigenvalue weighted by molar-refractivity contribution is 0.440. The molecule has 1 N–H and O–H groups in total. The van der Waals surface area contributed by atoms with E-state index >= 15 is 0 Å². The summed E-state index contributed by atoms with van der Waals surface area (Å²) in [6.07, 6.45) is 3.57. The standard InChI is InChI=1S/C15H21N3/c1-3-11-6-4-8-13-14(11)17-15(18(13)2)12-7-5-9-16-10-12/h4,6,8,12,16H,3,5,7,9-10H2,1-2H3. The monoisotopic (exact) mass is 243 g/mol. The van der Waals surface area contributed by atoms with E-state index in [1.807, 2.05) is 0 Å². The molecule has 1 fully saturated rings. The minimum Gasteiger partial charge on any atom is -0.331 e. The van der Waals surface area contributed by atoms with E-state index in [0.29, 0.717) is 5.92 Å². The number of para-hydroxylation sites is 1. The Kier molecular flexibility index (Phi) is 3.08. The summed E-state index contributed by atoms with van der Waals surface area (Å²) < 4.78 is 2.28. The van der Waals surface area contributed by atoms with Crippen molar-refractivity contribution in [2.45, 2.75) is 32.1 Å². The lowest BCUT2D eigenvalue weighted by atomic mass is 9.99. The van der Waals surface area contributed by atoms with Crippen molar-refractivity contribution in [2.75, 3.05) is 13.1 Å². The SMILES string of the molecule is CCc1cccc2c1nc(C1CCCNC1)n2C. The van der Waals surface area contributed by atoms with Crippen LogP contribution in [-0.2, 0) is 13.5 Å². The van der Waals surface area contributed by atoms with Crippen molar-refractivity contribution in [1.82, 2.24) is 14.9 Å². The first-order valence-corrected chi connectivity index (χ1v) is 6.96. The highest BCUT2D eigenvalue weighted by atomic mass is 15.1. The van der Waals surface area contributed by atoms with Crippen molar-refractivity contribution in [3.05, 3.63) is 29.6 Å². The van der Waals surface area contributed by atoms with Crippen molar-refractivity contribution >= 4 is 11.0 Å². The van der Waals surface area contributed by atoms with Gasteiger partial charge in [-0.25, -0.2) is 4.98 Å². The second-order valence-electron chi connectivity index (χ2n) is 5.21. The van der Waals surface area contributed by atoms with E-state index in [-0.39, 0.29) is 0 Å². The molecule has 1 aliphatic rings. The summed E-state index contributed by atoms with van der Waals surface area (Å²) in [4.78, 5) is 4.93. The van der Waals surface area contributed by atoms with E-state index in [1.54, 1.807) is 0 Å². The van der Waals surface area contributed by atoms with Crippen LogP contribution in [0.25, 0.3) is 11.0 Å². The normalized spacial score (nSPS) is 20.4. The van der Waals surface area contributed by atoms with Crippen molar-refractivity contribution in [3.8, 4) is 0 Å². The summed E-state index contributed by atoms with van der Waals surface area (Å²) in [5.41, 5.74) is 3.83. The fraction of sp³-hybridized carbons (Fsp3) is 0.533. The summed E-state index contributed by atoms with van der Waals surface area (Å²) in [5, 5.41) is 3.48. The molecule has 2 aromatic rings. The number of hydrogen-bond acceptors (Lipinski definition) is 2. The lowest BCUT2D eigenvalue weighted by Crippen LogP contribution is -2.29. The molecule has 1 aliphatic heterocycles. The number of benzene rings is 1. The number of rotatable bonds is 2. The van der Waals surface area contributed by atoms with Gasteiger partial charge in [0, 0.05) is 19.5 Å². The number of aryl methyl sites for hydroxylation is 2. The molecule has 96 valence electrons. The van der Waals surface area contributed by atoms with Crippen LogP contribution in [0.2, 0.25) is 0 Å². The number of nitrogens with zero attached hydrogens (tertiary/aromatic N) is 2. The van der Waals surface area contributed by atoms with Gasteiger partial charge in [0.15, 0.2) is 0 Å². The first kappa shape index (κ1) is 11.7. The molecule has 3 nitrogen and oxygen atoms in total. The molecule has 18 heavy (non-hydrogen) atoms. The molecular formula is C15H21N3. The molecule has 1 saturated heterocycles. The van der Waals surface area contributed by atoms with Gasteiger partial charge in [0.2, 0.25) is 0 Å². The molecule has 1 aromatic carbocycles. The van der Waals surface area contributed by atoms with Crippen LogP contribution in [0, 0.1) is 0 Å². The molecule has 1 aromatic heterocycles. The Balaban J connectivity index is 2.09. The molecule has 1 atom stereocenters. The predicted octanol–water partition coefficient (Wildman–Crippen LogP) is 2.60. The highest BCUT2D eigenvalue weighted by molar-refractivity contribution is 5.79. The molecular weight excluding hydrogens is 222 g/mol. The number of imidazole rings is 1. The molecule has 0 spiro atoms. The van der Waals surface area contributed by atoms with Crippen LogP contribution in [0.5, 0.6) is 0 Å². The van der Waals surface area contributed by atoms with Crippen LogP contribution in [0.3, 0.4) is 0 Å². The Morgan fingerprint density at radius 3 is 3.06 bits per heavy atom. The lowest BCUT2D eigenvalue weighted by Gasteiger charge is -2.22. The highest BCUT2D eigenvalue weighted by Gasteiger charge is 2.21. The van der Waals surface area contributed by atoms with Gasteiger partial charge in [0.05, 0.1) is 11.0 Å². The first-order valence-electron chi connectivity index (χ1n) is 6.96. The van der Waals surface area contributed by atoms with Gasteiger partial charge in [-0.05, 0) is 37.4 Å². The van der Waals surface area contributed by atoms with Gasteiger partial charge in [-0.2, -0.15) is 0 Å². The zero-order valence-corrected chi connectivity index (χ0v) is 11.2. The maximum absolute atomic E-state index is 4.93. The number of aromatic nitrogens is 2. The van der Waals surface area contributed by atoms with Crippen LogP contribution < -0.4 is 5.32 Å². The number of nitrogens with one attached hydrogen (secondary N) is 1. The van der Waals surface area contributed by atoms with Gasteiger partial charge in [-0.1, -0.05) is 19.1 Å². The molecule has 0 radical (unpaired) electrons. The second-order valence-corrected chi connectivity index (χ2v) is 5.21.